The summed E-state index contributed by atoms with van der Waals surface area (Å²) in [6.07, 6.45) is 1.98. The van der Waals surface area contributed by atoms with Crippen LogP contribution in [-0.4, -0.2) is 52.7 Å². The van der Waals surface area contributed by atoms with Crippen LogP contribution < -0.4 is 10.2 Å². The number of anilines is 2. The fourth-order valence-electron chi connectivity index (χ4n) is 4.35. The second-order valence-electron chi connectivity index (χ2n) is 8.05. The van der Waals surface area contributed by atoms with E-state index in [0.717, 1.165) is 24.2 Å². The maximum absolute atomic E-state index is 12.9. The molecule has 158 valence electrons. The Kier molecular flexibility index (Phi) is 5.16. The van der Waals surface area contributed by atoms with Crippen molar-refractivity contribution in [3.8, 4) is 11.1 Å². The Balaban J connectivity index is 1.21. The lowest BCUT2D eigenvalue weighted by molar-refractivity contribution is -0.135. The molecule has 1 unspecified atom stereocenters. The predicted octanol–water partition coefficient (Wildman–Crippen LogP) is 2.86. The molecule has 1 N–H and O–H groups in total. The van der Waals surface area contributed by atoms with Crippen LogP contribution in [0, 0.1) is 5.92 Å². The van der Waals surface area contributed by atoms with Gasteiger partial charge < -0.3 is 15.1 Å². The molecule has 31 heavy (non-hydrogen) atoms. The molecule has 2 aliphatic rings. The second-order valence-corrected chi connectivity index (χ2v) is 8.05. The number of nitrogens with one attached hydrogen (secondary N) is 1. The molecule has 5 rings (SSSR count). The van der Waals surface area contributed by atoms with Gasteiger partial charge in [-0.25, -0.2) is 4.68 Å². The van der Waals surface area contributed by atoms with Crippen molar-refractivity contribution in [1.29, 1.82) is 0 Å². The molecule has 2 aliphatic heterocycles. The summed E-state index contributed by atoms with van der Waals surface area (Å²) < 4.78 is 1.80. The maximum atomic E-state index is 12.9. The van der Waals surface area contributed by atoms with Crippen LogP contribution in [-0.2, 0) is 16.1 Å². The number of para-hydroxylation sites is 1. The van der Waals surface area contributed by atoms with E-state index in [4.69, 9.17) is 0 Å². The lowest BCUT2D eigenvalue weighted by Crippen LogP contribution is -2.49. The van der Waals surface area contributed by atoms with E-state index >= 15 is 0 Å². The fraction of sp³-hybridized carbons (Fsp3) is 0.292. The first-order valence-electron chi connectivity index (χ1n) is 10.7. The molecule has 1 saturated heterocycles. The normalized spacial score (nSPS) is 18.5. The highest BCUT2D eigenvalue weighted by Crippen LogP contribution is 2.32. The van der Waals surface area contributed by atoms with Gasteiger partial charge in [-0.15, -0.1) is 0 Å². The van der Waals surface area contributed by atoms with Crippen LogP contribution in [0.15, 0.2) is 66.9 Å². The summed E-state index contributed by atoms with van der Waals surface area (Å²) in [6, 6.07) is 20.1. The van der Waals surface area contributed by atoms with Gasteiger partial charge in [-0.05, 0) is 17.7 Å². The highest BCUT2D eigenvalue weighted by Gasteiger charge is 2.32. The lowest BCUT2D eigenvalue weighted by Gasteiger charge is -2.36. The van der Waals surface area contributed by atoms with E-state index in [9.17, 15) is 9.59 Å². The van der Waals surface area contributed by atoms with Crippen LogP contribution in [0.4, 0.5) is 11.5 Å². The quantitative estimate of drug-likeness (QED) is 0.711. The summed E-state index contributed by atoms with van der Waals surface area (Å²) in [4.78, 5) is 29.8. The summed E-state index contributed by atoms with van der Waals surface area (Å²) in [5.74, 6) is 0.222. The summed E-state index contributed by atoms with van der Waals surface area (Å²) in [5, 5.41) is 7.43. The van der Waals surface area contributed by atoms with Gasteiger partial charge in [0.25, 0.3) is 0 Å². The zero-order valence-corrected chi connectivity index (χ0v) is 17.3. The van der Waals surface area contributed by atoms with E-state index in [0.29, 0.717) is 25.5 Å². The van der Waals surface area contributed by atoms with Crippen LogP contribution in [0.3, 0.4) is 0 Å². The summed E-state index contributed by atoms with van der Waals surface area (Å²) in [7, 11) is 0. The molecule has 0 bridgehead atoms. The number of hydrogen-bond acceptors (Lipinski definition) is 4. The third kappa shape index (κ3) is 3.91. The average molecular weight is 415 g/mol. The summed E-state index contributed by atoms with van der Waals surface area (Å²) in [5.41, 5.74) is 3.09. The molecular weight excluding hydrogens is 390 g/mol. The first-order valence-corrected chi connectivity index (χ1v) is 10.7. The molecular formula is C24H25N5O2. The number of carbonyl (C=O) groups is 2. The van der Waals surface area contributed by atoms with Crippen molar-refractivity contribution < 1.29 is 9.59 Å². The van der Waals surface area contributed by atoms with Crippen LogP contribution >= 0.6 is 0 Å². The molecule has 3 aromatic rings. The zero-order chi connectivity index (χ0) is 21.2. The maximum Gasteiger partial charge on any atom is 0.231 e. The van der Waals surface area contributed by atoms with Gasteiger partial charge in [0.2, 0.25) is 11.8 Å². The average Bonchev–Trinajstić information content (AvgIpc) is 3.23. The standard InChI is InChI=1S/C24H25N5O2/c30-22(28-13-11-27(12-14-28)20-9-5-2-6-10-20)15-19-17-29-23(26-24(19)31)21(16-25-29)18-7-3-1-4-8-18/h1-10,16,19H,11-15,17H2,(H,26,31). The molecule has 1 aromatic heterocycles. The van der Waals surface area contributed by atoms with Gasteiger partial charge in [0.15, 0.2) is 0 Å². The molecule has 7 heteroatoms. The van der Waals surface area contributed by atoms with Crippen molar-refractivity contribution in [3.05, 3.63) is 66.9 Å². The van der Waals surface area contributed by atoms with Crippen molar-refractivity contribution in [2.75, 3.05) is 36.4 Å². The third-order valence-corrected chi connectivity index (χ3v) is 6.10. The van der Waals surface area contributed by atoms with E-state index < -0.39 is 5.92 Å². The largest absolute Gasteiger partial charge is 0.368 e. The van der Waals surface area contributed by atoms with E-state index in [1.54, 1.807) is 10.9 Å². The van der Waals surface area contributed by atoms with Gasteiger partial charge in [0, 0.05) is 43.9 Å². The van der Waals surface area contributed by atoms with Gasteiger partial charge in [0.1, 0.15) is 5.82 Å². The minimum atomic E-state index is -0.407. The Labute approximate surface area is 181 Å². The molecule has 0 saturated carbocycles. The minimum Gasteiger partial charge on any atom is -0.368 e. The second kappa shape index (κ2) is 8.26. The van der Waals surface area contributed by atoms with Gasteiger partial charge in [-0.1, -0.05) is 48.5 Å². The number of piperazine rings is 1. The number of rotatable bonds is 4. The highest BCUT2D eigenvalue weighted by atomic mass is 16.2. The Morgan fingerprint density at radius 1 is 0.968 bits per heavy atom. The highest BCUT2D eigenvalue weighted by molar-refractivity contribution is 5.98. The Bertz CT molecular complexity index is 1070. The molecule has 0 spiro atoms. The van der Waals surface area contributed by atoms with Crippen molar-refractivity contribution >= 4 is 23.3 Å². The van der Waals surface area contributed by atoms with Gasteiger partial charge >= 0.3 is 0 Å². The number of fused-ring (bicyclic) bond motifs is 1. The van der Waals surface area contributed by atoms with Crippen molar-refractivity contribution in [2.24, 2.45) is 5.92 Å². The van der Waals surface area contributed by atoms with Crippen molar-refractivity contribution in [1.82, 2.24) is 14.7 Å². The first kappa shape index (κ1) is 19.4. The topological polar surface area (TPSA) is 70.5 Å². The van der Waals surface area contributed by atoms with Crippen LogP contribution in [0.1, 0.15) is 6.42 Å². The van der Waals surface area contributed by atoms with Gasteiger partial charge in [-0.2, -0.15) is 5.10 Å². The molecule has 1 fully saturated rings. The lowest BCUT2D eigenvalue weighted by atomic mass is 10.0. The third-order valence-electron chi connectivity index (χ3n) is 6.10. The van der Waals surface area contributed by atoms with Gasteiger partial charge in [-0.3, -0.25) is 9.59 Å². The molecule has 3 heterocycles. The molecule has 2 amide bonds. The number of amides is 2. The van der Waals surface area contributed by atoms with Crippen LogP contribution in [0.5, 0.6) is 0 Å². The summed E-state index contributed by atoms with van der Waals surface area (Å²) in [6.45, 7) is 3.37. The SMILES string of the molecule is O=C1Nc2c(-c3ccccc3)cnn2CC1CC(=O)N1CCN(c2ccccc2)CC1. The predicted molar refractivity (Wildman–Crippen MR) is 120 cm³/mol. The molecule has 0 aliphatic carbocycles. The number of aromatic nitrogens is 2. The molecule has 7 nitrogen and oxygen atoms in total. The van der Waals surface area contributed by atoms with E-state index in [1.165, 1.54) is 5.69 Å². The van der Waals surface area contributed by atoms with E-state index in [1.807, 2.05) is 53.4 Å². The van der Waals surface area contributed by atoms with Crippen LogP contribution in [0.25, 0.3) is 11.1 Å². The number of carbonyl (C=O) groups excluding carboxylic acids is 2. The van der Waals surface area contributed by atoms with Crippen LogP contribution in [0.2, 0.25) is 0 Å². The number of benzene rings is 2. The monoisotopic (exact) mass is 415 g/mol. The van der Waals surface area contributed by atoms with E-state index in [-0.39, 0.29) is 18.2 Å². The Morgan fingerprint density at radius 3 is 2.35 bits per heavy atom. The zero-order valence-electron chi connectivity index (χ0n) is 17.3. The van der Waals surface area contributed by atoms with E-state index in [2.05, 4.69) is 27.4 Å². The number of hydrogen-bond donors (Lipinski definition) is 1. The smallest absolute Gasteiger partial charge is 0.231 e. The van der Waals surface area contributed by atoms with Gasteiger partial charge in [0.05, 0.1) is 18.7 Å². The number of nitrogens with zero attached hydrogens (tertiary/aromatic N) is 4. The van der Waals surface area contributed by atoms with Crippen molar-refractivity contribution in [2.45, 2.75) is 13.0 Å². The Morgan fingerprint density at radius 2 is 1.65 bits per heavy atom. The Hall–Kier alpha value is -3.61. The molecule has 1 atom stereocenters. The summed E-state index contributed by atoms with van der Waals surface area (Å²) >= 11 is 0. The minimum absolute atomic E-state index is 0.0340. The molecule has 2 aromatic carbocycles. The fourth-order valence-corrected chi connectivity index (χ4v) is 4.35. The molecule has 0 radical (unpaired) electrons. The van der Waals surface area contributed by atoms with Crippen molar-refractivity contribution in [3.63, 3.8) is 0 Å². The first-order chi connectivity index (χ1) is 15.2.